The largest absolute Gasteiger partial charge is 0.396 e. The van der Waals surface area contributed by atoms with E-state index in [4.69, 9.17) is 5.73 Å². The van der Waals surface area contributed by atoms with Gasteiger partial charge in [-0.05, 0) is 18.2 Å². The molecule has 3 N–H and O–H groups in total. The summed E-state index contributed by atoms with van der Waals surface area (Å²) >= 11 is 0. The third kappa shape index (κ3) is 3.45. The topological polar surface area (TPSA) is 111 Å². The molecule has 0 atom stereocenters. The molecule has 25 heavy (non-hydrogen) atoms. The number of ketones is 1. The number of pyridine rings is 1. The van der Waals surface area contributed by atoms with E-state index in [1.54, 1.807) is 48.7 Å². The van der Waals surface area contributed by atoms with Crippen LogP contribution in [0.25, 0.3) is 0 Å². The molecule has 0 saturated carbocycles. The van der Waals surface area contributed by atoms with E-state index in [0.29, 0.717) is 22.8 Å². The third-order valence-corrected chi connectivity index (χ3v) is 3.59. The fraction of sp³-hybridized carbons (Fsp3) is 0. The van der Waals surface area contributed by atoms with Crippen molar-refractivity contribution in [3.05, 3.63) is 88.1 Å². The third-order valence-electron chi connectivity index (χ3n) is 3.59. The van der Waals surface area contributed by atoms with Gasteiger partial charge < -0.3 is 11.1 Å². The van der Waals surface area contributed by atoms with Gasteiger partial charge in [0.05, 0.1) is 21.9 Å². The molecule has 2 aromatic carbocycles. The van der Waals surface area contributed by atoms with Crippen LogP contribution in [0.4, 0.5) is 22.9 Å². The highest BCUT2D eigenvalue weighted by atomic mass is 16.6. The average Bonchev–Trinajstić information content (AvgIpc) is 2.64. The zero-order valence-corrected chi connectivity index (χ0v) is 13.0. The van der Waals surface area contributed by atoms with Crippen LogP contribution in [0.3, 0.4) is 0 Å². The summed E-state index contributed by atoms with van der Waals surface area (Å²) in [4.78, 5) is 27.5. The number of nitrogens with two attached hydrogens (primary N) is 1. The molecule has 7 heteroatoms. The van der Waals surface area contributed by atoms with Crippen LogP contribution in [-0.2, 0) is 0 Å². The van der Waals surface area contributed by atoms with E-state index in [1.807, 2.05) is 0 Å². The summed E-state index contributed by atoms with van der Waals surface area (Å²) in [7, 11) is 0. The molecule has 0 radical (unpaired) electrons. The molecule has 0 fully saturated rings. The van der Waals surface area contributed by atoms with Gasteiger partial charge in [0.2, 0.25) is 0 Å². The predicted molar refractivity (Wildman–Crippen MR) is 94.9 cm³/mol. The molecule has 0 amide bonds. The van der Waals surface area contributed by atoms with Crippen molar-refractivity contribution in [2.45, 2.75) is 0 Å². The maximum atomic E-state index is 12.8. The highest BCUT2D eigenvalue weighted by molar-refractivity contribution is 6.13. The van der Waals surface area contributed by atoms with Crippen molar-refractivity contribution in [1.29, 1.82) is 0 Å². The Bertz CT molecular complexity index is 942. The van der Waals surface area contributed by atoms with Gasteiger partial charge in [0.1, 0.15) is 0 Å². The van der Waals surface area contributed by atoms with Gasteiger partial charge in [0.25, 0.3) is 5.69 Å². The van der Waals surface area contributed by atoms with Crippen LogP contribution in [0.1, 0.15) is 15.9 Å². The number of hydrogen-bond donors (Lipinski definition) is 2. The van der Waals surface area contributed by atoms with E-state index in [9.17, 15) is 14.9 Å². The van der Waals surface area contributed by atoms with Gasteiger partial charge in [-0.15, -0.1) is 0 Å². The van der Waals surface area contributed by atoms with E-state index in [1.165, 1.54) is 18.2 Å². The molecule has 0 spiro atoms. The molecular formula is C18H14N4O3. The molecule has 0 aliphatic heterocycles. The van der Waals surface area contributed by atoms with Crippen molar-refractivity contribution in [2.75, 3.05) is 11.1 Å². The molecule has 0 unspecified atom stereocenters. The van der Waals surface area contributed by atoms with Gasteiger partial charge in [-0.25, -0.2) is 4.98 Å². The van der Waals surface area contributed by atoms with E-state index in [0.717, 1.165) is 0 Å². The first-order chi connectivity index (χ1) is 12.1. The Balaban J connectivity index is 2.07. The number of nitrogens with zero attached hydrogens (tertiary/aromatic N) is 2. The number of aromatic nitrogens is 1. The molecule has 0 saturated heterocycles. The normalized spacial score (nSPS) is 10.2. The average molecular weight is 334 g/mol. The van der Waals surface area contributed by atoms with Gasteiger partial charge in [-0.1, -0.05) is 30.3 Å². The highest BCUT2D eigenvalue weighted by Gasteiger charge is 2.19. The quantitative estimate of drug-likeness (QED) is 0.419. The maximum absolute atomic E-state index is 12.8. The minimum Gasteiger partial charge on any atom is -0.396 e. The Labute approximate surface area is 143 Å². The second kappa shape index (κ2) is 6.79. The van der Waals surface area contributed by atoms with E-state index in [-0.39, 0.29) is 17.0 Å². The van der Waals surface area contributed by atoms with Crippen LogP contribution in [0.5, 0.6) is 0 Å². The second-order valence-corrected chi connectivity index (χ2v) is 5.25. The number of nitro groups is 1. The minimum atomic E-state index is -0.541. The number of hydrogen-bond acceptors (Lipinski definition) is 6. The summed E-state index contributed by atoms with van der Waals surface area (Å²) in [5, 5.41) is 14.1. The molecule has 3 aromatic rings. The summed E-state index contributed by atoms with van der Waals surface area (Å²) in [6, 6.07) is 16.0. The van der Waals surface area contributed by atoms with Crippen LogP contribution in [0, 0.1) is 10.1 Å². The molecular weight excluding hydrogens is 320 g/mol. The van der Waals surface area contributed by atoms with Gasteiger partial charge in [-0.3, -0.25) is 14.9 Å². The molecule has 3 rings (SSSR count). The number of nitrogen functional groups attached to an aromatic ring is 1. The molecule has 1 heterocycles. The van der Waals surface area contributed by atoms with Crippen LogP contribution < -0.4 is 11.1 Å². The second-order valence-electron chi connectivity index (χ2n) is 5.25. The van der Waals surface area contributed by atoms with Crippen LogP contribution >= 0.6 is 0 Å². The summed E-state index contributed by atoms with van der Waals surface area (Å²) in [6.45, 7) is 0. The number of nitrogens with one attached hydrogen (secondary N) is 1. The van der Waals surface area contributed by atoms with E-state index in [2.05, 4.69) is 10.3 Å². The summed E-state index contributed by atoms with van der Waals surface area (Å²) in [5.41, 5.74) is 7.10. The fourth-order valence-electron chi connectivity index (χ4n) is 2.34. The molecule has 0 aliphatic rings. The predicted octanol–water partition coefficient (Wildman–Crippen LogP) is 3.55. The fourth-order valence-corrected chi connectivity index (χ4v) is 2.34. The lowest BCUT2D eigenvalue weighted by Crippen LogP contribution is -2.08. The van der Waals surface area contributed by atoms with Crippen molar-refractivity contribution in [3.63, 3.8) is 0 Å². The van der Waals surface area contributed by atoms with Crippen molar-refractivity contribution in [2.24, 2.45) is 0 Å². The maximum Gasteiger partial charge on any atom is 0.270 e. The monoisotopic (exact) mass is 334 g/mol. The summed E-state index contributed by atoms with van der Waals surface area (Å²) in [6.07, 6.45) is 1.56. The Morgan fingerprint density at radius 2 is 1.84 bits per heavy atom. The first-order valence-electron chi connectivity index (χ1n) is 7.42. The van der Waals surface area contributed by atoms with Crippen LogP contribution in [0.2, 0.25) is 0 Å². The molecule has 0 bridgehead atoms. The molecule has 124 valence electrons. The van der Waals surface area contributed by atoms with Crippen molar-refractivity contribution in [1.82, 2.24) is 4.98 Å². The summed E-state index contributed by atoms with van der Waals surface area (Å²) in [5.74, 6) is 0.0415. The van der Waals surface area contributed by atoms with Gasteiger partial charge in [0.15, 0.2) is 11.6 Å². The van der Waals surface area contributed by atoms with Crippen molar-refractivity contribution in [3.8, 4) is 0 Å². The first kappa shape index (κ1) is 16.1. The van der Waals surface area contributed by atoms with Crippen LogP contribution in [0.15, 0.2) is 66.9 Å². The Hall–Kier alpha value is -3.74. The van der Waals surface area contributed by atoms with Gasteiger partial charge in [-0.2, -0.15) is 0 Å². The number of carbonyl (C=O) groups is 1. The number of non-ortho nitro benzene ring substituents is 1. The first-order valence-corrected chi connectivity index (χ1v) is 7.42. The smallest absolute Gasteiger partial charge is 0.270 e. The number of carbonyl (C=O) groups excluding carboxylic acids is 1. The van der Waals surface area contributed by atoms with Crippen molar-refractivity contribution < 1.29 is 9.72 Å². The summed E-state index contributed by atoms with van der Waals surface area (Å²) < 4.78 is 0. The Morgan fingerprint density at radius 1 is 1.08 bits per heavy atom. The lowest BCUT2D eigenvalue weighted by atomic mass is 10.0. The van der Waals surface area contributed by atoms with Gasteiger partial charge >= 0.3 is 0 Å². The van der Waals surface area contributed by atoms with Crippen molar-refractivity contribution >= 4 is 28.7 Å². The number of benzene rings is 2. The Kier molecular flexibility index (Phi) is 4.38. The minimum absolute atomic E-state index is 0.168. The number of rotatable bonds is 5. The zero-order chi connectivity index (χ0) is 17.8. The molecule has 0 aliphatic carbocycles. The standard InChI is InChI=1S/C18H14N4O3/c19-15-7-4-10-20-18(15)21-16-9-8-13(22(24)25)11-14(16)17(23)12-5-2-1-3-6-12/h1-11H,19H2,(H,20,21). The highest BCUT2D eigenvalue weighted by Crippen LogP contribution is 2.28. The van der Waals surface area contributed by atoms with E-state index >= 15 is 0 Å². The zero-order valence-electron chi connectivity index (χ0n) is 13.0. The lowest BCUT2D eigenvalue weighted by molar-refractivity contribution is -0.384. The number of nitro benzene ring substituents is 1. The number of anilines is 3. The van der Waals surface area contributed by atoms with E-state index < -0.39 is 4.92 Å². The van der Waals surface area contributed by atoms with Gasteiger partial charge in [0, 0.05) is 23.9 Å². The molecule has 1 aromatic heterocycles. The lowest BCUT2D eigenvalue weighted by Gasteiger charge is -2.12. The SMILES string of the molecule is Nc1cccnc1Nc1ccc([N+](=O)[O-])cc1C(=O)c1ccccc1. The molecule has 7 nitrogen and oxygen atoms in total. The van der Waals surface area contributed by atoms with Crippen LogP contribution in [-0.4, -0.2) is 15.7 Å². The Morgan fingerprint density at radius 3 is 2.52 bits per heavy atom.